The van der Waals surface area contributed by atoms with Crippen LogP contribution in [0.3, 0.4) is 0 Å². The van der Waals surface area contributed by atoms with Gasteiger partial charge in [0.1, 0.15) is 12.0 Å². The Morgan fingerprint density at radius 1 is 1.29 bits per heavy atom. The monoisotopic (exact) mass is 345 g/mol. The molecule has 3 rings (SSSR count). The summed E-state index contributed by atoms with van der Waals surface area (Å²) in [4.78, 5) is 25.4. The Morgan fingerprint density at radius 3 is 2.75 bits per heavy atom. The zero-order valence-electron chi connectivity index (χ0n) is 13.0. The molecule has 0 aromatic carbocycles. The Morgan fingerprint density at radius 2 is 2.08 bits per heavy atom. The molecule has 0 bridgehead atoms. The van der Waals surface area contributed by atoms with Crippen molar-refractivity contribution in [2.75, 3.05) is 16.5 Å². The first-order valence-electron chi connectivity index (χ1n) is 6.96. The molecule has 10 heteroatoms. The number of carbonyl (C=O) groups is 1. The van der Waals surface area contributed by atoms with Crippen LogP contribution >= 0.6 is 11.3 Å². The molecule has 0 spiro atoms. The molecule has 0 unspecified atom stereocenters. The predicted octanol–water partition coefficient (Wildman–Crippen LogP) is 2.23. The maximum Gasteiger partial charge on any atom is 0.305 e. The Kier molecular flexibility index (Phi) is 4.29. The molecule has 3 aromatic rings. The highest BCUT2D eigenvalue weighted by atomic mass is 32.1. The summed E-state index contributed by atoms with van der Waals surface area (Å²) in [5.41, 5.74) is 12.3. The van der Waals surface area contributed by atoms with Gasteiger partial charge in [-0.25, -0.2) is 15.0 Å². The molecule has 0 atom stereocenters. The van der Waals surface area contributed by atoms with Gasteiger partial charge in [0.05, 0.1) is 12.0 Å². The number of anilines is 4. The first-order valence-corrected chi connectivity index (χ1v) is 7.77. The molecular weight excluding hydrogens is 330 g/mol. The normalized spacial score (nSPS) is 10.4. The summed E-state index contributed by atoms with van der Waals surface area (Å²) in [6, 6.07) is 3.16. The minimum Gasteiger partial charge on any atom is -0.459 e. The van der Waals surface area contributed by atoms with E-state index in [-0.39, 0.29) is 17.3 Å². The average molecular weight is 345 g/mol. The van der Waals surface area contributed by atoms with Crippen molar-refractivity contribution < 1.29 is 9.21 Å². The summed E-state index contributed by atoms with van der Waals surface area (Å²) in [6.45, 7) is 3.91. The van der Waals surface area contributed by atoms with Gasteiger partial charge in [-0.05, 0) is 26.0 Å². The van der Waals surface area contributed by atoms with Crippen molar-refractivity contribution >= 4 is 39.7 Å². The number of aromatic nitrogens is 3. The number of hydrazine groups is 1. The van der Waals surface area contributed by atoms with Crippen molar-refractivity contribution in [3.63, 3.8) is 0 Å². The molecular formula is C14H15N7O2S. The van der Waals surface area contributed by atoms with Crippen molar-refractivity contribution in [3.8, 4) is 0 Å². The standard InChI is InChI=1S/C14H15N7O2S/c1-7-8(2)24-14(18-7)19-11-10(15)12(17-6-16-11)20-21-13(22)9-4-3-5-23-9/h3-6H,15H2,1-2H3,(H,21,22)(H2,16,17,18,19,20). The lowest BCUT2D eigenvalue weighted by Gasteiger charge is -2.11. The summed E-state index contributed by atoms with van der Waals surface area (Å²) < 4.78 is 4.99. The highest BCUT2D eigenvalue weighted by Crippen LogP contribution is 2.28. The van der Waals surface area contributed by atoms with Crippen LogP contribution in [-0.4, -0.2) is 20.9 Å². The number of nitrogens with one attached hydrogen (secondary N) is 3. The van der Waals surface area contributed by atoms with E-state index in [9.17, 15) is 4.79 Å². The van der Waals surface area contributed by atoms with Gasteiger partial charge in [0.2, 0.25) is 0 Å². The SMILES string of the molecule is Cc1nc(Nc2ncnc(NNC(=O)c3ccco3)c2N)sc1C. The lowest BCUT2D eigenvalue weighted by atomic mass is 10.4. The van der Waals surface area contributed by atoms with Crippen molar-refractivity contribution in [2.45, 2.75) is 13.8 Å². The quantitative estimate of drug-likeness (QED) is 0.518. The Labute approximate surface area is 141 Å². The topological polar surface area (TPSA) is 131 Å². The first-order chi connectivity index (χ1) is 11.5. The van der Waals surface area contributed by atoms with E-state index in [4.69, 9.17) is 10.2 Å². The lowest BCUT2D eigenvalue weighted by Crippen LogP contribution is -2.30. The number of hydrogen-bond acceptors (Lipinski definition) is 9. The highest BCUT2D eigenvalue weighted by molar-refractivity contribution is 7.15. The van der Waals surface area contributed by atoms with Crippen LogP contribution in [0.1, 0.15) is 21.1 Å². The molecule has 0 saturated carbocycles. The second kappa shape index (κ2) is 6.54. The van der Waals surface area contributed by atoms with Crippen molar-refractivity contribution in [1.82, 2.24) is 20.4 Å². The van der Waals surface area contributed by atoms with Gasteiger partial charge in [-0.15, -0.1) is 11.3 Å². The third kappa shape index (κ3) is 3.27. The minimum atomic E-state index is -0.446. The van der Waals surface area contributed by atoms with Gasteiger partial charge in [-0.2, -0.15) is 0 Å². The summed E-state index contributed by atoms with van der Waals surface area (Å²) >= 11 is 1.50. The molecule has 0 aliphatic rings. The van der Waals surface area contributed by atoms with Gasteiger partial charge in [-0.1, -0.05) is 0 Å². The highest BCUT2D eigenvalue weighted by Gasteiger charge is 2.13. The molecule has 0 aliphatic heterocycles. The summed E-state index contributed by atoms with van der Waals surface area (Å²) in [5, 5.41) is 3.73. The average Bonchev–Trinajstić information content (AvgIpc) is 3.19. The van der Waals surface area contributed by atoms with E-state index in [1.807, 2.05) is 13.8 Å². The van der Waals surface area contributed by atoms with Crippen LogP contribution in [0.4, 0.5) is 22.5 Å². The van der Waals surface area contributed by atoms with E-state index in [1.165, 1.54) is 23.9 Å². The zero-order valence-corrected chi connectivity index (χ0v) is 13.8. The van der Waals surface area contributed by atoms with Crippen LogP contribution in [0.2, 0.25) is 0 Å². The molecule has 0 saturated heterocycles. The van der Waals surface area contributed by atoms with E-state index < -0.39 is 5.91 Å². The number of nitrogens with zero attached hydrogens (tertiary/aromatic N) is 3. The number of carbonyl (C=O) groups excluding carboxylic acids is 1. The van der Waals surface area contributed by atoms with Gasteiger partial charge in [0.25, 0.3) is 0 Å². The smallest absolute Gasteiger partial charge is 0.305 e. The fraction of sp³-hybridized carbons (Fsp3) is 0.143. The molecule has 0 radical (unpaired) electrons. The van der Waals surface area contributed by atoms with Crippen molar-refractivity contribution in [3.05, 3.63) is 41.1 Å². The Hall–Kier alpha value is -3.14. The van der Waals surface area contributed by atoms with E-state index in [2.05, 4.69) is 31.1 Å². The third-order valence-corrected chi connectivity index (χ3v) is 4.17. The second-order valence-electron chi connectivity index (χ2n) is 4.83. The number of furan rings is 1. The zero-order chi connectivity index (χ0) is 17.1. The minimum absolute atomic E-state index is 0.169. The van der Waals surface area contributed by atoms with Gasteiger partial charge >= 0.3 is 5.91 Å². The van der Waals surface area contributed by atoms with Crippen LogP contribution in [0, 0.1) is 13.8 Å². The molecule has 124 valence electrons. The number of thiazole rings is 1. The van der Waals surface area contributed by atoms with Crippen LogP contribution in [-0.2, 0) is 0 Å². The second-order valence-corrected chi connectivity index (χ2v) is 6.03. The molecule has 0 aliphatic carbocycles. The summed E-state index contributed by atoms with van der Waals surface area (Å²) in [7, 11) is 0. The van der Waals surface area contributed by atoms with Gasteiger partial charge in [-0.3, -0.25) is 15.6 Å². The molecule has 3 aromatic heterocycles. The molecule has 1 amide bonds. The molecule has 24 heavy (non-hydrogen) atoms. The third-order valence-electron chi connectivity index (χ3n) is 3.18. The number of hydrogen-bond donors (Lipinski definition) is 4. The first kappa shape index (κ1) is 15.7. The van der Waals surface area contributed by atoms with Gasteiger partial charge < -0.3 is 15.5 Å². The van der Waals surface area contributed by atoms with Gasteiger partial charge in [0, 0.05) is 4.88 Å². The van der Waals surface area contributed by atoms with Crippen LogP contribution in [0.5, 0.6) is 0 Å². The Bertz CT molecular complexity index is 841. The van der Waals surface area contributed by atoms with Crippen molar-refractivity contribution in [2.24, 2.45) is 0 Å². The summed E-state index contributed by atoms with van der Waals surface area (Å²) in [6.07, 6.45) is 2.74. The summed E-state index contributed by atoms with van der Waals surface area (Å²) in [5.74, 6) is 0.381. The largest absolute Gasteiger partial charge is 0.459 e. The Balaban J connectivity index is 1.72. The lowest BCUT2D eigenvalue weighted by molar-refractivity contribution is 0.0935. The fourth-order valence-corrected chi connectivity index (χ4v) is 2.62. The molecule has 0 fully saturated rings. The van der Waals surface area contributed by atoms with Crippen LogP contribution in [0.25, 0.3) is 0 Å². The van der Waals surface area contributed by atoms with Crippen LogP contribution < -0.4 is 21.9 Å². The molecule has 3 heterocycles. The van der Waals surface area contributed by atoms with E-state index >= 15 is 0 Å². The molecule has 5 N–H and O–H groups in total. The number of nitrogen functional groups attached to an aromatic ring is 1. The maximum absolute atomic E-state index is 11.8. The number of rotatable bonds is 5. The number of aryl methyl sites for hydroxylation is 2. The van der Waals surface area contributed by atoms with E-state index in [0.717, 1.165) is 10.6 Å². The number of nitrogens with two attached hydrogens (primary N) is 1. The molecule has 9 nitrogen and oxygen atoms in total. The fourth-order valence-electron chi connectivity index (χ4n) is 1.81. The predicted molar refractivity (Wildman–Crippen MR) is 91.1 cm³/mol. The van der Waals surface area contributed by atoms with Crippen LogP contribution in [0.15, 0.2) is 29.1 Å². The van der Waals surface area contributed by atoms with E-state index in [0.29, 0.717) is 10.9 Å². The van der Waals surface area contributed by atoms with Gasteiger partial charge in [0.15, 0.2) is 22.5 Å². The maximum atomic E-state index is 11.8. The van der Waals surface area contributed by atoms with E-state index in [1.54, 1.807) is 12.1 Å². The number of amides is 1. The van der Waals surface area contributed by atoms with Crippen molar-refractivity contribution in [1.29, 1.82) is 0 Å².